The van der Waals surface area contributed by atoms with E-state index in [1.54, 1.807) is 0 Å². The van der Waals surface area contributed by atoms with Gasteiger partial charge in [0.25, 0.3) is 0 Å². The second-order valence-electron chi connectivity index (χ2n) is 3.62. The molecule has 1 saturated heterocycles. The molecule has 10 heavy (non-hydrogen) atoms. The lowest BCUT2D eigenvalue weighted by molar-refractivity contribution is 0.383. The van der Waals surface area contributed by atoms with Gasteiger partial charge in [0.05, 0.1) is 0 Å². The van der Waals surface area contributed by atoms with Crippen LogP contribution in [0.25, 0.3) is 0 Å². The van der Waals surface area contributed by atoms with Crippen molar-refractivity contribution in [3.63, 3.8) is 0 Å². The molecule has 62 valence electrons. The molecule has 0 spiro atoms. The van der Waals surface area contributed by atoms with Crippen LogP contribution in [0, 0.1) is 0 Å². The Morgan fingerprint density at radius 3 is 2.50 bits per heavy atom. The highest BCUT2D eigenvalue weighted by atomic mass is 35.5. The van der Waals surface area contributed by atoms with E-state index in [2.05, 4.69) is 19.2 Å². The Bertz CT molecular complexity index is 81.3. The van der Waals surface area contributed by atoms with Crippen molar-refractivity contribution in [2.75, 3.05) is 6.54 Å². The average Bonchev–Trinajstić information content (AvgIpc) is 1.92. The molecule has 0 saturated carbocycles. The van der Waals surface area contributed by atoms with E-state index in [1.165, 1.54) is 32.2 Å². The molecule has 2 heteroatoms. The number of nitrogens with one attached hydrogen (secondary N) is 1. The fraction of sp³-hybridized carbons (Fsp3) is 1.00. The number of hydrogen-bond acceptors (Lipinski definition) is 1. The maximum atomic E-state index is 3.52. The quantitative estimate of drug-likeness (QED) is 0.578. The summed E-state index contributed by atoms with van der Waals surface area (Å²) in [6.45, 7) is 5.80. The molecule has 0 aromatic heterocycles. The van der Waals surface area contributed by atoms with E-state index in [1.807, 2.05) is 0 Å². The van der Waals surface area contributed by atoms with E-state index in [-0.39, 0.29) is 12.4 Å². The highest BCUT2D eigenvalue weighted by Crippen LogP contribution is 2.16. The average molecular weight is 164 g/mol. The van der Waals surface area contributed by atoms with Crippen LogP contribution in [0.15, 0.2) is 0 Å². The summed E-state index contributed by atoms with van der Waals surface area (Å²) in [5, 5.41) is 3.52. The van der Waals surface area contributed by atoms with Crippen molar-refractivity contribution >= 4 is 12.4 Å². The van der Waals surface area contributed by atoms with E-state index >= 15 is 0 Å². The van der Waals surface area contributed by atoms with Gasteiger partial charge in [-0.25, -0.2) is 0 Å². The van der Waals surface area contributed by atoms with Crippen LogP contribution in [0.5, 0.6) is 0 Å². The smallest absolute Gasteiger partial charge is 0.0125 e. The van der Waals surface area contributed by atoms with E-state index in [9.17, 15) is 0 Å². The van der Waals surface area contributed by atoms with Crippen LogP contribution in [-0.2, 0) is 0 Å². The third-order valence-corrected chi connectivity index (χ3v) is 2.08. The van der Waals surface area contributed by atoms with Gasteiger partial charge >= 0.3 is 0 Å². The molecule has 1 rings (SSSR count). The molecule has 1 N–H and O–H groups in total. The SMILES string of the molecule is CC1(C)CCCCCN1.Cl. The Balaban J connectivity index is 0.000000810. The molecule has 1 aliphatic heterocycles. The highest BCUT2D eigenvalue weighted by molar-refractivity contribution is 5.85. The Morgan fingerprint density at radius 2 is 1.80 bits per heavy atom. The zero-order chi connectivity index (χ0) is 6.74. The Kier molecular flexibility index (Phi) is 4.30. The molecule has 1 aliphatic rings. The summed E-state index contributed by atoms with van der Waals surface area (Å²) in [5.41, 5.74) is 0.413. The molecule has 1 fully saturated rings. The van der Waals surface area contributed by atoms with E-state index < -0.39 is 0 Å². The van der Waals surface area contributed by atoms with Gasteiger partial charge in [-0.15, -0.1) is 12.4 Å². The lowest BCUT2D eigenvalue weighted by Crippen LogP contribution is -2.37. The van der Waals surface area contributed by atoms with Crippen LogP contribution < -0.4 is 5.32 Å². The first-order valence-electron chi connectivity index (χ1n) is 3.96. The minimum Gasteiger partial charge on any atom is -0.312 e. The van der Waals surface area contributed by atoms with Crippen molar-refractivity contribution in [3.8, 4) is 0 Å². The maximum Gasteiger partial charge on any atom is 0.0125 e. The van der Waals surface area contributed by atoms with Gasteiger partial charge in [0.15, 0.2) is 0 Å². The van der Waals surface area contributed by atoms with Gasteiger partial charge in [0.2, 0.25) is 0 Å². The molecule has 0 aromatic carbocycles. The van der Waals surface area contributed by atoms with E-state index in [4.69, 9.17) is 0 Å². The summed E-state index contributed by atoms with van der Waals surface area (Å²) in [6.07, 6.45) is 5.52. The fourth-order valence-corrected chi connectivity index (χ4v) is 1.38. The van der Waals surface area contributed by atoms with Gasteiger partial charge in [-0.1, -0.05) is 12.8 Å². The topological polar surface area (TPSA) is 12.0 Å². The van der Waals surface area contributed by atoms with Gasteiger partial charge < -0.3 is 5.32 Å². The predicted molar refractivity (Wildman–Crippen MR) is 47.8 cm³/mol. The van der Waals surface area contributed by atoms with Gasteiger partial charge in [-0.2, -0.15) is 0 Å². The molecular formula is C8H18ClN. The largest absolute Gasteiger partial charge is 0.312 e. The summed E-state index contributed by atoms with van der Waals surface area (Å²) < 4.78 is 0. The van der Waals surface area contributed by atoms with Crippen LogP contribution in [0.4, 0.5) is 0 Å². The zero-order valence-corrected chi connectivity index (χ0v) is 7.76. The van der Waals surface area contributed by atoms with Crippen molar-refractivity contribution < 1.29 is 0 Å². The first-order valence-corrected chi connectivity index (χ1v) is 3.96. The first kappa shape index (κ1) is 10.2. The second kappa shape index (κ2) is 4.20. The molecule has 0 aliphatic carbocycles. The minimum atomic E-state index is 0. The van der Waals surface area contributed by atoms with Crippen molar-refractivity contribution in [2.24, 2.45) is 0 Å². The molecule has 0 aromatic rings. The normalized spacial score (nSPS) is 24.6. The van der Waals surface area contributed by atoms with Crippen molar-refractivity contribution in [3.05, 3.63) is 0 Å². The number of rotatable bonds is 0. The molecule has 0 atom stereocenters. The van der Waals surface area contributed by atoms with Gasteiger partial charge in [-0.3, -0.25) is 0 Å². The molecule has 0 amide bonds. The molecular weight excluding hydrogens is 146 g/mol. The van der Waals surface area contributed by atoms with Gasteiger partial charge in [-0.05, 0) is 33.2 Å². The Hall–Kier alpha value is 0.250. The number of hydrogen-bond donors (Lipinski definition) is 1. The molecule has 1 nitrogen and oxygen atoms in total. The molecule has 0 bridgehead atoms. The number of halogens is 1. The summed E-state index contributed by atoms with van der Waals surface area (Å²) >= 11 is 0. The van der Waals surface area contributed by atoms with Gasteiger partial charge in [0, 0.05) is 5.54 Å². The summed E-state index contributed by atoms with van der Waals surface area (Å²) in [7, 11) is 0. The van der Waals surface area contributed by atoms with Crippen LogP contribution in [0.3, 0.4) is 0 Å². The van der Waals surface area contributed by atoms with Crippen LogP contribution in [-0.4, -0.2) is 12.1 Å². The third kappa shape index (κ3) is 3.43. The van der Waals surface area contributed by atoms with Gasteiger partial charge in [0.1, 0.15) is 0 Å². The minimum absolute atomic E-state index is 0. The summed E-state index contributed by atoms with van der Waals surface area (Å²) in [4.78, 5) is 0. The Labute approximate surface area is 70.0 Å². The van der Waals surface area contributed by atoms with E-state index in [0.717, 1.165) is 0 Å². The fourth-order valence-electron chi connectivity index (χ4n) is 1.38. The molecule has 0 unspecified atom stereocenters. The van der Waals surface area contributed by atoms with Crippen LogP contribution in [0.1, 0.15) is 39.5 Å². The van der Waals surface area contributed by atoms with Crippen LogP contribution >= 0.6 is 12.4 Å². The molecule has 1 heterocycles. The van der Waals surface area contributed by atoms with Crippen molar-refractivity contribution in [2.45, 2.75) is 45.1 Å². The summed E-state index contributed by atoms with van der Waals surface area (Å²) in [5.74, 6) is 0. The molecule has 0 radical (unpaired) electrons. The standard InChI is InChI=1S/C8H17N.ClH/c1-8(2)6-4-3-5-7-9-8;/h9H,3-7H2,1-2H3;1H. The predicted octanol–water partition coefficient (Wildman–Crippen LogP) is 2.35. The van der Waals surface area contributed by atoms with Crippen LogP contribution in [0.2, 0.25) is 0 Å². The zero-order valence-electron chi connectivity index (χ0n) is 6.94. The first-order chi connectivity index (χ1) is 4.21. The highest BCUT2D eigenvalue weighted by Gasteiger charge is 2.17. The van der Waals surface area contributed by atoms with Crippen molar-refractivity contribution in [1.82, 2.24) is 5.32 Å². The summed E-state index contributed by atoms with van der Waals surface area (Å²) in [6, 6.07) is 0. The second-order valence-corrected chi connectivity index (χ2v) is 3.62. The third-order valence-electron chi connectivity index (χ3n) is 2.08. The van der Waals surface area contributed by atoms with E-state index in [0.29, 0.717) is 5.54 Å². The maximum absolute atomic E-state index is 3.52. The van der Waals surface area contributed by atoms with Crippen molar-refractivity contribution in [1.29, 1.82) is 0 Å². The lowest BCUT2D eigenvalue weighted by Gasteiger charge is -2.23. The Morgan fingerprint density at radius 1 is 1.10 bits per heavy atom. The monoisotopic (exact) mass is 163 g/mol. The lowest BCUT2D eigenvalue weighted by atomic mass is 9.99.